The van der Waals surface area contributed by atoms with Crippen LogP contribution in [0.2, 0.25) is 0 Å². The van der Waals surface area contributed by atoms with Crippen molar-refractivity contribution in [3.05, 3.63) is 0 Å². The molecule has 0 bridgehead atoms. The summed E-state index contributed by atoms with van der Waals surface area (Å²) >= 11 is 0. The minimum Gasteiger partial charge on any atom is -0.301 e. The molecule has 0 aromatic heterocycles. The fourth-order valence-corrected chi connectivity index (χ4v) is 0.649. The summed E-state index contributed by atoms with van der Waals surface area (Å²) in [5.74, 6) is -1.01. The molecule has 0 aromatic rings. The van der Waals surface area contributed by atoms with E-state index in [2.05, 4.69) is 14.7 Å². The van der Waals surface area contributed by atoms with Crippen LogP contribution in [-0.4, -0.2) is 22.8 Å². The Morgan fingerprint density at radius 1 is 1.06 bits per heavy atom. The van der Waals surface area contributed by atoms with Crippen molar-refractivity contribution in [2.24, 2.45) is 5.41 Å². The lowest BCUT2D eigenvalue weighted by Crippen LogP contribution is -2.20. The molecule has 0 atom stereocenters. The summed E-state index contributed by atoms with van der Waals surface area (Å²) in [7, 11) is 0. The summed E-state index contributed by atoms with van der Waals surface area (Å²) in [6, 6.07) is 0. The number of hydrogen-bond acceptors (Lipinski definition) is 6. The molecule has 0 heterocycles. The fraction of sp³-hybridized carbons (Fsp3) is 0.833. The van der Waals surface area contributed by atoms with Crippen molar-refractivity contribution >= 4 is 11.9 Å². The summed E-state index contributed by atoms with van der Waals surface area (Å²) in [6.45, 7) is 12.4. The van der Waals surface area contributed by atoms with Gasteiger partial charge < -0.3 is 4.89 Å². The van der Waals surface area contributed by atoms with Gasteiger partial charge in [-0.05, 0) is 26.2 Å². The van der Waals surface area contributed by atoms with Gasteiger partial charge in [-0.3, -0.25) is 4.89 Å². The average molecular weight is 264 g/mol. The van der Waals surface area contributed by atoms with Crippen molar-refractivity contribution in [1.82, 2.24) is 0 Å². The van der Waals surface area contributed by atoms with Crippen LogP contribution in [0.15, 0.2) is 0 Å². The van der Waals surface area contributed by atoms with Crippen LogP contribution in [0.4, 0.5) is 0 Å². The van der Waals surface area contributed by atoms with E-state index >= 15 is 0 Å². The van der Waals surface area contributed by atoms with E-state index in [9.17, 15) is 9.59 Å². The van der Waals surface area contributed by atoms with Crippen LogP contribution < -0.4 is 0 Å². The Balaban J connectivity index is 0. The number of hydrogen-bond donors (Lipinski definition) is 1. The molecule has 0 radical (unpaired) electrons. The van der Waals surface area contributed by atoms with Gasteiger partial charge in [0, 0.05) is 6.92 Å². The van der Waals surface area contributed by atoms with E-state index in [1.165, 1.54) is 6.92 Å². The summed E-state index contributed by atoms with van der Waals surface area (Å²) in [5, 5.41) is 7.85. The molecule has 0 saturated heterocycles. The monoisotopic (exact) mass is 264 g/mol. The molecule has 1 N–H and O–H groups in total. The van der Waals surface area contributed by atoms with Gasteiger partial charge in [0.1, 0.15) is 5.60 Å². The molecule has 18 heavy (non-hydrogen) atoms. The normalized spacial score (nSPS) is 11.1. The zero-order chi connectivity index (χ0) is 15.0. The zero-order valence-electron chi connectivity index (χ0n) is 12.2. The molecule has 0 saturated carbocycles. The third-order valence-corrected chi connectivity index (χ3v) is 1.19. The predicted octanol–water partition coefficient (Wildman–Crippen LogP) is 2.72. The van der Waals surface area contributed by atoms with Crippen LogP contribution in [0.25, 0.3) is 0 Å². The highest BCUT2D eigenvalue weighted by atomic mass is 17.2. The van der Waals surface area contributed by atoms with E-state index in [4.69, 9.17) is 5.26 Å². The van der Waals surface area contributed by atoms with E-state index < -0.39 is 17.5 Å². The number of rotatable bonds is 2. The minimum atomic E-state index is -0.581. The van der Waals surface area contributed by atoms with E-state index in [1.807, 2.05) is 20.8 Å². The van der Waals surface area contributed by atoms with E-state index in [0.29, 0.717) is 0 Å². The molecular formula is C12H24O6. The van der Waals surface area contributed by atoms with E-state index in [1.54, 1.807) is 20.8 Å². The second-order valence-electron chi connectivity index (χ2n) is 5.97. The molecule has 108 valence electrons. The van der Waals surface area contributed by atoms with Gasteiger partial charge in [0.2, 0.25) is 0 Å². The quantitative estimate of drug-likeness (QED) is 0.610. The highest BCUT2D eigenvalue weighted by molar-refractivity contribution is 5.69. The first kappa shape index (κ1) is 19.2. The Morgan fingerprint density at radius 3 is 1.61 bits per heavy atom. The molecule has 6 nitrogen and oxygen atoms in total. The summed E-state index contributed by atoms with van der Waals surface area (Å²) in [5.41, 5.74) is -0.522. The molecule has 0 unspecified atom stereocenters. The molecule has 0 fully saturated rings. The molecule has 6 heteroatoms. The smallest absolute Gasteiger partial charge is 0.301 e. The van der Waals surface area contributed by atoms with Crippen molar-refractivity contribution in [3.8, 4) is 0 Å². The Morgan fingerprint density at radius 2 is 1.50 bits per heavy atom. The Hall–Kier alpha value is -1.14. The minimum absolute atomic E-state index is 0.111. The van der Waals surface area contributed by atoms with Gasteiger partial charge in [0.15, 0.2) is 0 Å². The maximum Gasteiger partial charge on any atom is 0.342 e. The second-order valence-corrected chi connectivity index (χ2v) is 5.97. The third-order valence-electron chi connectivity index (χ3n) is 1.19. The van der Waals surface area contributed by atoms with Crippen molar-refractivity contribution in [3.63, 3.8) is 0 Å². The number of carbonyl (C=O) groups is 2. The molecule has 0 spiro atoms. The lowest BCUT2D eigenvalue weighted by atomic mass is 9.93. The average Bonchev–Trinajstić information content (AvgIpc) is 2.12. The summed E-state index contributed by atoms with van der Waals surface area (Å²) in [4.78, 5) is 32.9. The van der Waals surface area contributed by atoms with Gasteiger partial charge in [0.25, 0.3) is 0 Å². The Bertz CT molecular complexity index is 259. The van der Waals surface area contributed by atoms with Crippen LogP contribution in [0.5, 0.6) is 0 Å². The Kier molecular flexibility index (Phi) is 8.59. The first-order chi connectivity index (χ1) is 7.87. The van der Waals surface area contributed by atoms with Crippen molar-refractivity contribution < 1.29 is 29.5 Å². The van der Waals surface area contributed by atoms with Crippen LogP contribution in [0, 0.1) is 5.41 Å². The molecule has 0 aromatic carbocycles. The standard InChI is InChI=1S/2C6H12O3/c1-6(2,3)4-5(7)9-8;1-5(7)8-9-6(2,3)4/h8H,4H2,1-3H3;1-4H3. The summed E-state index contributed by atoms with van der Waals surface area (Å²) in [6.07, 6.45) is 0.240. The van der Waals surface area contributed by atoms with Crippen molar-refractivity contribution in [2.45, 2.75) is 60.5 Å². The first-order valence-electron chi connectivity index (χ1n) is 5.58. The van der Waals surface area contributed by atoms with Gasteiger partial charge >= 0.3 is 11.9 Å². The van der Waals surface area contributed by atoms with Gasteiger partial charge in [-0.2, -0.15) is 10.1 Å². The first-order valence-corrected chi connectivity index (χ1v) is 5.58. The Labute approximate surface area is 108 Å². The van der Waals surface area contributed by atoms with Crippen molar-refractivity contribution in [1.29, 1.82) is 0 Å². The molecule has 0 aliphatic heterocycles. The van der Waals surface area contributed by atoms with Crippen LogP contribution in [-0.2, 0) is 24.3 Å². The highest BCUT2D eigenvalue weighted by Gasteiger charge is 2.16. The predicted molar refractivity (Wildman–Crippen MR) is 65.4 cm³/mol. The number of carbonyl (C=O) groups excluding carboxylic acids is 2. The van der Waals surface area contributed by atoms with Crippen LogP contribution in [0.1, 0.15) is 54.9 Å². The zero-order valence-corrected chi connectivity index (χ0v) is 12.2. The lowest BCUT2D eigenvalue weighted by Gasteiger charge is -2.15. The van der Waals surface area contributed by atoms with Gasteiger partial charge in [-0.25, -0.2) is 9.59 Å². The topological polar surface area (TPSA) is 82.1 Å². The largest absolute Gasteiger partial charge is 0.342 e. The SMILES string of the molecule is CC(=O)OOC(C)(C)C.CC(C)(C)CC(=O)OO. The lowest BCUT2D eigenvalue weighted by molar-refractivity contribution is -0.318. The van der Waals surface area contributed by atoms with Crippen LogP contribution >= 0.6 is 0 Å². The van der Waals surface area contributed by atoms with Gasteiger partial charge in [-0.15, -0.1) is 0 Å². The van der Waals surface area contributed by atoms with Crippen LogP contribution in [0.3, 0.4) is 0 Å². The molecule has 0 rings (SSSR count). The summed E-state index contributed by atoms with van der Waals surface area (Å²) < 4.78 is 0. The molecule has 0 aliphatic rings. The molecule has 0 amide bonds. The van der Waals surface area contributed by atoms with E-state index in [0.717, 1.165) is 0 Å². The fourth-order valence-electron chi connectivity index (χ4n) is 0.649. The van der Waals surface area contributed by atoms with Gasteiger partial charge in [0.05, 0.1) is 6.42 Å². The van der Waals surface area contributed by atoms with E-state index in [-0.39, 0.29) is 11.8 Å². The van der Waals surface area contributed by atoms with Crippen molar-refractivity contribution in [2.75, 3.05) is 0 Å². The highest BCUT2D eigenvalue weighted by Crippen LogP contribution is 2.18. The molecular weight excluding hydrogens is 240 g/mol. The maximum absolute atomic E-state index is 10.4. The third kappa shape index (κ3) is 20.3. The second kappa shape index (κ2) is 8.05. The molecule has 0 aliphatic carbocycles. The maximum atomic E-state index is 10.4. The van der Waals surface area contributed by atoms with Gasteiger partial charge in [-0.1, -0.05) is 20.8 Å².